The van der Waals surface area contributed by atoms with Crippen LogP contribution in [0.4, 0.5) is 0 Å². The first kappa shape index (κ1) is 10.5. The summed E-state index contributed by atoms with van der Waals surface area (Å²) in [4.78, 5) is 4.21. The first-order valence-electron chi connectivity index (χ1n) is 4.94. The van der Waals surface area contributed by atoms with E-state index in [4.69, 9.17) is 20.1 Å². The number of rotatable bonds is 3. The summed E-state index contributed by atoms with van der Waals surface area (Å²) in [5, 5.41) is 12.5. The molecule has 1 aromatic heterocycles. The Hall–Kier alpha value is -0.980. The van der Waals surface area contributed by atoms with Gasteiger partial charge in [-0.15, -0.1) is 0 Å². The second-order valence-electron chi connectivity index (χ2n) is 4.03. The maximum atomic E-state index is 8.74. The summed E-state index contributed by atoms with van der Waals surface area (Å²) in [6.45, 7) is 2.96. The molecule has 0 aliphatic carbocycles. The molecule has 2 rings (SSSR count). The number of hydrogen-bond acceptors (Lipinski definition) is 6. The van der Waals surface area contributed by atoms with Crippen molar-refractivity contribution in [3.63, 3.8) is 0 Å². The van der Waals surface area contributed by atoms with E-state index in [1.165, 1.54) is 0 Å². The Bertz CT molecular complexity index is 341. The Morgan fingerprint density at radius 3 is 3.07 bits per heavy atom. The minimum absolute atomic E-state index is 0.0121. The van der Waals surface area contributed by atoms with Gasteiger partial charge < -0.3 is 20.1 Å². The molecule has 1 aliphatic heterocycles. The minimum Gasteiger partial charge on any atom is -0.396 e. The third kappa shape index (κ3) is 1.75. The molecular formula is C9H15N3O3. The lowest BCUT2D eigenvalue weighted by Crippen LogP contribution is -2.42. The van der Waals surface area contributed by atoms with Crippen molar-refractivity contribution in [3.8, 4) is 0 Å². The Labute approximate surface area is 87.4 Å². The van der Waals surface area contributed by atoms with E-state index in [1.54, 1.807) is 0 Å². The van der Waals surface area contributed by atoms with Gasteiger partial charge in [-0.2, -0.15) is 4.98 Å². The van der Waals surface area contributed by atoms with Gasteiger partial charge >= 0.3 is 0 Å². The zero-order valence-corrected chi connectivity index (χ0v) is 8.64. The molecule has 6 heteroatoms. The molecule has 84 valence electrons. The van der Waals surface area contributed by atoms with Crippen molar-refractivity contribution in [2.24, 2.45) is 5.73 Å². The van der Waals surface area contributed by atoms with E-state index in [0.29, 0.717) is 31.3 Å². The zero-order valence-electron chi connectivity index (χ0n) is 8.64. The van der Waals surface area contributed by atoms with E-state index in [2.05, 4.69) is 10.1 Å². The number of hydrogen-bond donors (Lipinski definition) is 2. The second kappa shape index (κ2) is 3.88. The van der Waals surface area contributed by atoms with Crippen LogP contribution in [0.2, 0.25) is 0 Å². The summed E-state index contributed by atoms with van der Waals surface area (Å²) < 4.78 is 10.4. The summed E-state index contributed by atoms with van der Waals surface area (Å²) in [5.74, 6) is 1.00. The van der Waals surface area contributed by atoms with E-state index in [0.717, 1.165) is 0 Å². The third-order valence-corrected chi connectivity index (χ3v) is 2.81. The first-order valence-corrected chi connectivity index (χ1v) is 4.94. The largest absolute Gasteiger partial charge is 0.396 e. The normalized spacial score (nSPS) is 31.0. The second-order valence-corrected chi connectivity index (χ2v) is 4.03. The highest BCUT2D eigenvalue weighted by Gasteiger charge is 2.44. The van der Waals surface area contributed by atoms with Crippen molar-refractivity contribution in [2.75, 3.05) is 19.8 Å². The molecule has 1 aliphatic rings. The molecule has 0 amide bonds. The van der Waals surface area contributed by atoms with Crippen LogP contribution >= 0.6 is 0 Å². The van der Waals surface area contributed by atoms with Gasteiger partial charge in [-0.25, -0.2) is 0 Å². The molecule has 15 heavy (non-hydrogen) atoms. The topological polar surface area (TPSA) is 94.4 Å². The maximum absolute atomic E-state index is 8.74. The van der Waals surface area contributed by atoms with Crippen LogP contribution in [0.15, 0.2) is 4.52 Å². The van der Waals surface area contributed by atoms with Gasteiger partial charge in [-0.3, -0.25) is 0 Å². The van der Waals surface area contributed by atoms with Gasteiger partial charge in [0, 0.05) is 12.5 Å². The average Bonchev–Trinajstić information content (AvgIpc) is 2.77. The highest BCUT2D eigenvalue weighted by Crippen LogP contribution is 2.30. The number of nitrogens with zero attached hydrogens (tertiary/aromatic N) is 2. The van der Waals surface area contributed by atoms with Gasteiger partial charge in [0.15, 0.2) is 5.82 Å². The molecule has 1 aromatic rings. The minimum atomic E-state index is -0.402. The monoisotopic (exact) mass is 213 g/mol. The molecular weight excluding hydrogens is 198 g/mol. The van der Waals surface area contributed by atoms with Gasteiger partial charge in [0.05, 0.1) is 25.2 Å². The molecule has 0 spiro atoms. The summed E-state index contributed by atoms with van der Waals surface area (Å²) in [7, 11) is 0. The fourth-order valence-electron chi connectivity index (χ4n) is 1.60. The van der Waals surface area contributed by atoms with Crippen LogP contribution in [-0.2, 0) is 16.6 Å². The number of ether oxygens (including phenoxy) is 1. The average molecular weight is 213 g/mol. The zero-order chi connectivity index (χ0) is 10.9. The van der Waals surface area contributed by atoms with Crippen LogP contribution < -0.4 is 5.73 Å². The predicted octanol–water partition coefficient (Wildman–Crippen LogP) is -0.780. The number of aromatic nitrogens is 2. The fourth-order valence-corrected chi connectivity index (χ4v) is 1.60. The van der Waals surface area contributed by atoms with E-state index in [-0.39, 0.29) is 12.6 Å². The molecule has 0 saturated carbocycles. The smallest absolute Gasteiger partial charge is 0.236 e. The molecule has 0 radical (unpaired) electrons. The Morgan fingerprint density at radius 2 is 2.47 bits per heavy atom. The lowest BCUT2D eigenvalue weighted by molar-refractivity contribution is 0.169. The molecule has 2 unspecified atom stereocenters. The van der Waals surface area contributed by atoms with E-state index < -0.39 is 5.41 Å². The van der Waals surface area contributed by atoms with Crippen LogP contribution in [0, 0.1) is 0 Å². The molecule has 6 nitrogen and oxygen atoms in total. The van der Waals surface area contributed by atoms with Gasteiger partial charge in [0.2, 0.25) is 5.89 Å². The third-order valence-electron chi connectivity index (χ3n) is 2.81. The lowest BCUT2D eigenvalue weighted by Gasteiger charge is -2.21. The van der Waals surface area contributed by atoms with Crippen molar-refractivity contribution in [2.45, 2.75) is 24.8 Å². The molecule has 2 atom stereocenters. The lowest BCUT2D eigenvalue weighted by atomic mass is 9.86. The quantitative estimate of drug-likeness (QED) is 0.684. The van der Waals surface area contributed by atoms with Gasteiger partial charge in [-0.05, 0) is 6.92 Å². The van der Waals surface area contributed by atoms with Crippen molar-refractivity contribution in [3.05, 3.63) is 11.7 Å². The maximum Gasteiger partial charge on any atom is 0.236 e. The molecule has 0 aromatic carbocycles. The highest BCUT2D eigenvalue weighted by atomic mass is 16.5. The number of aliphatic hydroxyl groups excluding tert-OH is 1. The standard InChI is InChI=1S/C9H15N3O3/c1-9(5-14-4-6(9)10)8-11-7(2-3-13)12-15-8/h6,13H,2-5,10H2,1H3. The van der Waals surface area contributed by atoms with Gasteiger partial charge in [0.1, 0.15) is 0 Å². The molecule has 2 heterocycles. The van der Waals surface area contributed by atoms with Gasteiger partial charge in [-0.1, -0.05) is 5.16 Å². The molecule has 1 saturated heterocycles. The van der Waals surface area contributed by atoms with Crippen molar-refractivity contribution >= 4 is 0 Å². The van der Waals surface area contributed by atoms with E-state index >= 15 is 0 Å². The summed E-state index contributed by atoms with van der Waals surface area (Å²) >= 11 is 0. The van der Waals surface area contributed by atoms with Crippen molar-refractivity contribution in [1.29, 1.82) is 0 Å². The summed E-state index contributed by atoms with van der Waals surface area (Å²) in [5.41, 5.74) is 5.52. The highest BCUT2D eigenvalue weighted by molar-refractivity contribution is 5.11. The number of aliphatic hydroxyl groups is 1. The molecule has 1 fully saturated rings. The number of nitrogens with two attached hydrogens (primary N) is 1. The van der Waals surface area contributed by atoms with Crippen molar-refractivity contribution in [1.82, 2.24) is 10.1 Å². The van der Waals surface area contributed by atoms with Crippen LogP contribution in [0.25, 0.3) is 0 Å². The van der Waals surface area contributed by atoms with Crippen molar-refractivity contribution < 1.29 is 14.4 Å². The first-order chi connectivity index (χ1) is 7.16. The summed E-state index contributed by atoms with van der Waals surface area (Å²) in [6, 6.07) is -0.125. The fraction of sp³-hybridized carbons (Fsp3) is 0.778. The predicted molar refractivity (Wildman–Crippen MR) is 51.2 cm³/mol. The molecule has 3 N–H and O–H groups in total. The molecule has 0 bridgehead atoms. The van der Waals surface area contributed by atoms with Crippen LogP contribution in [0.1, 0.15) is 18.6 Å². The van der Waals surface area contributed by atoms with Gasteiger partial charge in [0.25, 0.3) is 0 Å². The summed E-state index contributed by atoms with van der Waals surface area (Å²) in [6.07, 6.45) is 0.398. The van der Waals surface area contributed by atoms with Crippen LogP contribution in [0.5, 0.6) is 0 Å². The van der Waals surface area contributed by atoms with Crippen LogP contribution in [-0.4, -0.2) is 41.1 Å². The van der Waals surface area contributed by atoms with E-state index in [1.807, 2.05) is 6.92 Å². The Balaban J connectivity index is 2.21. The Kier molecular flexibility index (Phi) is 2.72. The SMILES string of the molecule is CC1(c2nc(CCO)no2)COCC1N. The Morgan fingerprint density at radius 1 is 1.67 bits per heavy atom. The van der Waals surface area contributed by atoms with Crippen LogP contribution in [0.3, 0.4) is 0 Å². The van der Waals surface area contributed by atoms with E-state index in [9.17, 15) is 0 Å².